The summed E-state index contributed by atoms with van der Waals surface area (Å²) in [6.07, 6.45) is 3.69. The Morgan fingerprint density at radius 1 is 1.21 bits per heavy atom. The zero-order chi connectivity index (χ0) is 20.5. The van der Waals surface area contributed by atoms with Crippen LogP contribution in [-0.2, 0) is 16.1 Å². The average molecular weight is 384 g/mol. The number of carbonyl (C=O) groups excluding carboxylic acids is 1. The lowest BCUT2D eigenvalue weighted by molar-refractivity contribution is 0.0454. The number of cyclic esters (lactones) is 1. The van der Waals surface area contributed by atoms with Crippen LogP contribution in [0.3, 0.4) is 0 Å². The topological polar surface area (TPSA) is 74.2 Å². The van der Waals surface area contributed by atoms with Crippen molar-refractivity contribution in [3.05, 3.63) is 52.6 Å². The zero-order valence-corrected chi connectivity index (χ0v) is 16.7. The molecule has 2 aromatic rings. The molecule has 0 saturated heterocycles. The smallest absolute Gasteiger partial charge is 0.346 e. The lowest BCUT2D eigenvalue weighted by Gasteiger charge is -2.22. The van der Waals surface area contributed by atoms with E-state index in [-0.39, 0.29) is 29.4 Å². The number of esters is 1. The zero-order valence-electron chi connectivity index (χ0n) is 16.7. The lowest BCUT2D eigenvalue weighted by atomic mass is 10.0. The number of hydrogen-bond acceptors (Lipinski definition) is 6. The molecule has 0 aromatic heterocycles. The van der Waals surface area contributed by atoms with E-state index >= 15 is 0 Å². The van der Waals surface area contributed by atoms with Crippen molar-refractivity contribution >= 4 is 12.0 Å². The van der Waals surface area contributed by atoms with E-state index in [9.17, 15) is 9.90 Å². The van der Waals surface area contributed by atoms with Crippen molar-refractivity contribution in [2.45, 2.75) is 33.0 Å². The summed E-state index contributed by atoms with van der Waals surface area (Å²) >= 11 is 0. The summed E-state index contributed by atoms with van der Waals surface area (Å²) in [6.45, 7) is 5.67. The molecule has 0 atom stereocenters. The second-order valence-electron chi connectivity index (χ2n) is 7.15. The average Bonchev–Trinajstić information content (AvgIpc) is 2.65. The van der Waals surface area contributed by atoms with Gasteiger partial charge in [0.05, 0.1) is 12.7 Å². The molecule has 6 nitrogen and oxygen atoms in total. The second-order valence-corrected chi connectivity index (χ2v) is 7.15. The third-order valence-electron chi connectivity index (χ3n) is 4.61. The molecule has 1 heterocycles. The van der Waals surface area contributed by atoms with Gasteiger partial charge in [0.1, 0.15) is 23.7 Å². The molecular weight excluding hydrogens is 360 g/mol. The van der Waals surface area contributed by atoms with Gasteiger partial charge in [0.25, 0.3) is 0 Å². The SMILES string of the molecule is COc1c(C=CC(C)(C)OC)ccc2c1C(=O)OCc1cc(C)cc(O)c1O2. The fourth-order valence-corrected chi connectivity index (χ4v) is 2.95. The molecule has 2 aromatic carbocycles. The Bertz CT molecular complexity index is 943. The van der Waals surface area contributed by atoms with Crippen molar-refractivity contribution in [3.8, 4) is 23.0 Å². The minimum atomic E-state index is -0.556. The molecule has 1 aliphatic rings. The highest BCUT2D eigenvalue weighted by molar-refractivity contribution is 5.97. The molecule has 0 fully saturated rings. The molecule has 0 unspecified atom stereocenters. The molecule has 0 spiro atoms. The molecule has 0 amide bonds. The summed E-state index contributed by atoms with van der Waals surface area (Å²) in [4.78, 5) is 12.7. The second kappa shape index (κ2) is 7.56. The first-order valence-corrected chi connectivity index (χ1v) is 8.88. The van der Waals surface area contributed by atoms with Gasteiger partial charge in [0.2, 0.25) is 0 Å². The molecule has 0 saturated carbocycles. The molecule has 0 aliphatic carbocycles. The van der Waals surface area contributed by atoms with Crippen LogP contribution in [0.1, 0.15) is 40.9 Å². The standard InChI is InChI=1S/C22H24O6/c1-13-10-15-12-27-21(24)18-17(28-19(15)16(23)11-13)7-6-14(20(18)25-4)8-9-22(2,3)26-5/h6-11,23H,12H2,1-5H3. The van der Waals surface area contributed by atoms with Gasteiger partial charge in [-0.25, -0.2) is 4.79 Å². The van der Waals surface area contributed by atoms with E-state index in [0.717, 1.165) is 5.56 Å². The number of rotatable bonds is 4. The van der Waals surface area contributed by atoms with Gasteiger partial charge in [0.15, 0.2) is 11.5 Å². The Balaban J connectivity index is 2.12. The minimum absolute atomic E-state index is 0.0105. The lowest BCUT2D eigenvalue weighted by Crippen LogP contribution is -2.18. The maximum absolute atomic E-state index is 12.7. The summed E-state index contributed by atoms with van der Waals surface area (Å²) in [5.74, 6) is 0.291. The predicted octanol–water partition coefficient (Wildman–Crippen LogP) is 4.61. The molecule has 6 heteroatoms. The maximum atomic E-state index is 12.7. The summed E-state index contributed by atoms with van der Waals surface area (Å²) in [6, 6.07) is 6.85. The largest absolute Gasteiger partial charge is 0.504 e. The highest BCUT2D eigenvalue weighted by Crippen LogP contribution is 2.42. The Morgan fingerprint density at radius 2 is 1.96 bits per heavy atom. The molecule has 0 bridgehead atoms. The van der Waals surface area contributed by atoms with Crippen molar-refractivity contribution in [3.63, 3.8) is 0 Å². The van der Waals surface area contributed by atoms with Crippen molar-refractivity contribution in [2.75, 3.05) is 14.2 Å². The number of ether oxygens (including phenoxy) is 4. The number of aryl methyl sites for hydroxylation is 1. The molecule has 1 N–H and O–H groups in total. The van der Waals surface area contributed by atoms with Crippen molar-refractivity contribution in [1.82, 2.24) is 0 Å². The van der Waals surface area contributed by atoms with Crippen LogP contribution in [0.4, 0.5) is 0 Å². The van der Waals surface area contributed by atoms with Crippen molar-refractivity contribution in [1.29, 1.82) is 0 Å². The third-order valence-corrected chi connectivity index (χ3v) is 4.61. The van der Waals surface area contributed by atoms with Gasteiger partial charge in [-0.1, -0.05) is 12.2 Å². The van der Waals surface area contributed by atoms with Crippen LogP contribution in [0, 0.1) is 6.92 Å². The van der Waals surface area contributed by atoms with Crippen LogP contribution in [-0.4, -0.2) is 30.9 Å². The van der Waals surface area contributed by atoms with E-state index in [4.69, 9.17) is 18.9 Å². The van der Waals surface area contributed by atoms with Crippen LogP contribution < -0.4 is 9.47 Å². The number of fused-ring (bicyclic) bond motifs is 2. The number of aromatic hydroxyl groups is 1. The van der Waals surface area contributed by atoms with E-state index in [1.165, 1.54) is 7.11 Å². The summed E-state index contributed by atoms with van der Waals surface area (Å²) < 4.78 is 22.3. The van der Waals surface area contributed by atoms with Gasteiger partial charge in [0, 0.05) is 18.2 Å². The fourth-order valence-electron chi connectivity index (χ4n) is 2.95. The highest BCUT2D eigenvalue weighted by atomic mass is 16.5. The van der Waals surface area contributed by atoms with Crippen LogP contribution in [0.25, 0.3) is 6.08 Å². The first kappa shape index (κ1) is 19.8. The monoisotopic (exact) mass is 384 g/mol. The van der Waals surface area contributed by atoms with Crippen LogP contribution in [0.2, 0.25) is 0 Å². The first-order chi connectivity index (χ1) is 13.3. The van der Waals surface area contributed by atoms with Gasteiger partial charge in [-0.2, -0.15) is 0 Å². The van der Waals surface area contributed by atoms with E-state index in [1.54, 1.807) is 25.3 Å². The van der Waals surface area contributed by atoms with Crippen LogP contribution in [0.15, 0.2) is 30.3 Å². The third kappa shape index (κ3) is 3.82. The maximum Gasteiger partial charge on any atom is 0.346 e. The van der Waals surface area contributed by atoms with Gasteiger partial charge in [-0.05, 0) is 50.6 Å². The summed E-state index contributed by atoms with van der Waals surface area (Å²) in [5, 5.41) is 10.3. The highest BCUT2D eigenvalue weighted by Gasteiger charge is 2.27. The van der Waals surface area contributed by atoms with E-state index in [0.29, 0.717) is 16.9 Å². The van der Waals surface area contributed by atoms with Crippen LogP contribution in [0.5, 0.6) is 23.0 Å². The molecule has 28 heavy (non-hydrogen) atoms. The van der Waals surface area contributed by atoms with Crippen LogP contribution >= 0.6 is 0 Å². The Kier molecular flexibility index (Phi) is 5.34. The van der Waals surface area contributed by atoms with Crippen molar-refractivity contribution < 1.29 is 28.8 Å². The normalized spacial score (nSPS) is 13.8. The van der Waals surface area contributed by atoms with Gasteiger partial charge >= 0.3 is 5.97 Å². The van der Waals surface area contributed by atoms with E-state index < -0.39 is 11.6 Å². The number of methoxy groups -OCH3 is 2. The van der Waals surface area contributed by atoms with Crippen molar-refractivity contribution in [2.24, 2.45) is 0 Å². The number of phenolic OH excluding ortho intramolecular Hbond substituents is 1. The quantitative estimate of drug-likeness (QED) is 0.776. The number of carbonyl (C=O) groups is 1. The molecule has 0 radical (unpaired) electrons. The molecule has 1 aliphatic heterocycles. The Hall–Kier alpha value is -2.99. The Morgan fingerprint density at radius 3 is 2.64 bits per heavy atom. The first-order valence-electron chi connectivity index (χ1n) is 8.88. The molecule has 3 rings (SSSR count). The van der Waals surface area contributed by atoms with E-state index in [1.807, 2.05) is 39.0 Å². The Labute approximate surface area is 164 Å². The predicted molar refractivity (Wildman–Crippen MR) is 105 cm³/mol. The number of phenols is 1. The van der Waals surface area contributed by atoms with E-state index in [2.05, 4.69) is 0 Å². The molecule has 148 valence electrons. The minimum Gasteiger partial charge on any atom is -0.504 e. The number of benzene rings is 2. The fraction of sp³-hybridized carbons (Fsp3) is 0.318. The summed E-state index contributed by atoms with van der Waals surface area (Å²) in [7, 11) is 3.11. The van der Waals surface area contributed by atoms with Gasteiger partial charge < -0.3 is 24.1 Å². The molecular formula is C22H24O6. The summed E-state index contributed by atoms with van der Waals surface area (Å²) in [5.41, 5.74) is 1.82. The van der Waals surface area contributed by atoms with Gasteiger partial charge in [-0.15, -0.1) is 0 Å². The van der Waals surface area contributed by atoms with Gasteiger partial charge in [-0.3, -0.25) is 0 Å². The number of hydrogen-bond donors (Lipinski definition) is 1.